The summed E-state index contributed by atoms with van der Waals surface area (Å²) in [6, 6.07) is 8.81. The Balaban J connectivity index is 2.10. The van der Waals surface area contributed by atoms with Crippen molar-refractivity contribution in [2.24, 2.45) is 0 Å². The highest BCUT2D eigenvalue weighted by atomic mass is 35.5. The number of nitro benzene ring substituents is 1. The Labute approximate surface area is 177 Å². The van der Waals surface area contributed by atoms with Crippen LogP contribution in [0.1, 0.15) is 17.3 Å². The van der Waals surface area contributed by atoms with Gasteiger partial charge in [-0.05, 0) is 31.2 Å². The Bertz CT molecular complexity index is 1100. The fourth-order valence-electron chi connectivity index (χ4n) is 2.25. The van der Waals surface area contributed by atoms with Gasteiger partial charge in [-0.25, -0.2) is 17.5 Å². The van der Waals surface area contributed by atoms with E-state index in [0.29, 0.717) is 0 Å². The first kappa shape index (κ1) is 23.3. The maximum absolute atomic E-state index is 12.3. The van der Waals surface area contributed by atoms with Crippen molar-refractivity contribution in [2.45, 2.75) is 17.9 Å². The Kier molecular flexibility index (Phi) is 7.13. The van der Waals surface area contributed by atoms with E-state index in [1.165, 1.54) is 45.3 Å². The van der Waals surface area contributed by atoms with Gasteiger partial charge < -0.3 is 10.1 Å². The molecular weight excluding hydrogens is 438 g/mol. The predicted molar refractivity (Wildman–Crippen MR) is 109 cm³/mol. The van der Waals surface area contributed by atoms with Crippen LogP contribution in [0.3, 0.4) is 0 Å². The first-order valence-corrected chi connectivity index (χ1v) is 10.2. The number of esters is 1. The molecular formula is C18H18ClN3O7S. The molecule has 0 aliphatic rings. The topological polar surface area (TPSA) is 136 Å². The summed E-state index contributed by atoms with van der Waals surface area (Å²) in [7, 11) is -0.930. The SMILES string of the molecule is CC(OC(=O)c1ccc([N+](=O)[O-])cc1Cl)C(=O)Nc1cccc(S(=O)(=O)N(C)C)c1. The lowest BCUT2D eigenvalue weighted by Gasteiger charge is -2.15. The van der Waals surface area contributed by atoms with Crippen LogP contribution in [-0.4, -0.2) is 49.7 Å². The van der Waals surface area contributed by atoms with E-state index in [0.717, 1.165) is 22.5 Å². The lowest BCUT2D eigenvalue weighted by Crippen LogP contribution is -2.30. The summed E-state index contributed by atoms with van der Waals surface area (Å²) in [5.41, 5.74) is -0.241. The molecule has 0 aliphatic carbocycles. The van der Waals surface area contributed by atoms with Crippen molar-refractivity contribution in [1.82, 2.24) is 4.31 Å². The molecule has 0 spiro atoms. The molecule has 30 heavy (non-hydrogen) atoms. The van der Waals surface area contributed by atoms with Gasteiger partial charge in [0.05, 0.1) is 20.4 Å². The molecule has 1 amide bonds. The standard InChI is InChI=1S/C18H18ClN3O7S/c1-11(29-18(24)15-8-7-13(22(25)26)10-16(15)19)17(23)20-12-5-4-6-14(9-12)30(27,28)21(2)3/h4-11H,1-3H3,(H,20,23). The smallest absolute Gasteiger partial charge is 0.340 e. The first-order chi connectivity index (χ1) is 13.9. The normalized spacial score (nSPS) is 12.3. The molecule has 1 N–H and O–H groups in total. The largest absolute Gasteiger partial charge is 0.449 e. The third kappa shape index (κ3) is 5.32. The third-order valence-corrected chi connectivity index (χ3v) is 6.04. The number of ether oxygens (including phenoxy) is 1. The van der Waals surface area contributed by atoms with Crippen LogP contribution in [0.15, 0.2) is 47.4 Å². The second kappa shape index (κ2) is 9.20. The number of amides is 1. The number of hydrogen-bond donors (Lipinski definition) is 1. The number of nitrogens with zero attached hydrogens (tertiary/aromatic N) is 2. The number of nitrogens with one attached hydrogen (secondary N) is 1. The van der Waals surface area contributed by atoms with E-state index in [4.69, 9.17) is 16.3 Å². The molecule has 2 aromatic carbocycles. The number of carbonyl (C=O) groups excluding carboxylic acids is 2. The van der Waals surface area contributed by atoms with Crippen LogP contribution in [0.25, 0.3) is 0 Å². The predicted octanol–water partition coefficient (Wildman–Crippen LogP) is 2.68. The number of halogens is 1. The van der Waals surface area contributed by atoms with E-state index in [1.54, 1.807) is 0 Å². The monoisotopic (exact) mass is 455 g/mol. The molecule has 0 bridgehead atoms. The van der Waals surface area contributed by atoms with E-state index in [-0.39, 0.29) is 26.9 Å². The molecule has 0 radical (unpaired) electrons. The summed E-state index contributed by atoms with van der Waals surface area (Å²) in [6.45, 7) is 1.31. The molecule has 0 aromatic heterocycles. The average Bonchev–Trinajstić information content (AvgIpc) is 2.67. The van der Waals surface area contributed by atoms with Crippen LogP contribution >= 0.6 is 11.6 Å². The number of anilines is 1. The second-order valence-corrected chi connectivity index (χ2v) is 8.83. The Morgan fingerprint density at radius 3 is 2.43 bits per heavy atom. The minimum Gasteiger partial charge on any atom is -0.449 e. The number of rotatable bonds is 7. The van der Waals surface area contributed by atoms with Crippen molar-refractivity contribution >= 4 is 44.9 Å². The fourth-order valence-corrected chi connectivity index (χ4v) is 3.45. The van der Waals surface area contributed by atoms with E-state index in [2.05, 4.69) is 5.32 Å². The zero-order chi connectivity index (χ0) is 22.6. The molecule has 0 heterocycles. The number of non-ortho nitro benzene ring substituents is 1. The second-order valence-electron chi connectivity index (χ2n) is 6.27. The van der Waals surface area contributed by atoms with Crippen LogP contribution in [0.2, 0.25) is 5.02 Å². The highest BCUT2D eigenvalue weighted by Crippen LogP contribution is 2.24. The molecule has 1 unspecified atom stereocenters. The van der Waals surface area contributed by atoms with Crippen molar-refractivity contribution in [1.29, 1.82) is 0 Å². The maximum atomic E-state index is 12.3. The maximum Gasteiger partial charge on any atom is 0.340 e. The average molecular weight is 456 g/mol. The zero-order valence-electron chi connectivity index (χ0n) is 16.2. The lowest BCUT2D eigenvalue weighted by molar-refractivity contribution is -0.384. The third-order valence-electron chi connectivity index (χ3n) is 3.92. The van der Waals surface area contributed by atoms with Crippen LogP contribution in [0.4, 0.5) is 11.4 Å². The van der Waals surface area contributed by atoms with E-state index in [9.17, 15) is 28.1 Å². The van der Waals surface area contributed by atoms with Gasteiger partial charge in [0.25, 0.3) is 11.6 Å². The van der Waals surface area contributed by atoms with Gasteiger partial charge in [0.15, 0.2) is 6.10 Å². The highest BCUT2D eigenvalue weighted by molar-refractivity contribution is 7.89. The van der Waals surface area contributed by atoms with Gasteiger partial charge in [-0.15, -0.1) is 0 Å². The van der Waals surface area contributed by atoms with E-state index in [1.807, 2.05) is 0 Å². The Morgan fingerprint density at radius 2 is 1.87 bits per heavy atom. The summed E-state index contributed by atoms with van der Waals surface area (Å²) in [5.74, 6) is -1.65. The summed E-state index contributed by atoms with van der Waals surface area (Å²) in [4.78, 5) is 34.6. The van der Waals surface area contributed by atoms with E-state index < -0.39 is 32.9 Å². The van der Waals surface area contributed by atoms with Crippen LogP contribution in [0, 0.1) is 10.1 Å². The van der Waals surface area contributed by atoms with E-state index >= 15 is 0 Å². The number of sulfonamides is 1. The molecule has 0 aliphatic heterocycles. The minimum absolute atomic E-state index is 0.0207. The zero-order valence-corrected chi connectivity index (χ0v) is 17.7. The van der Waals surface area contributed by atoms with Crippen LogP contribution < -0.4 is 5.32 Å². The molecule has 2 rings (SSSR count). The van der Waals surface area contributed by atoms with Gasteiger partial charge in [0.2, 0.25) is 10.0 Å². The first-order valence-electron chi connectivity index (χ1n) is 8.42. The van der Waals surface area contributed by atoms with Gasteiger partial charge in [0.1, 0.15) is 0 Å². The number of nitro groups is 1. The van der Waals surface area contributed by atoms with Gasteiger partial charge in [0, 0.05) is 31.9 Å². The number of carbonyl (C=O) groups is 2. The molecule has 1 atom stereocenters. The molecule has 0 saturated carbocycles. The summed E-state index contributed by atoms with van der Waals surface area (Å²) < 4.78 is 30.5. The van der Waals surface area contributed by atoms with Crippen molar-refractivity contribution in [3.05, 3.63) is 63.2 Å². The van der Waals surface area contributed by atoms with Gasteiger partial charge in [-0.2, -0.15) is 0 Å². The lowest BCUT2D eigenvalue weighted by atomic mass is 10.2. The fraction of sp³-hybridized carbons (Fsp3) is 0.222. The number of benzene rings is 2. The quantitative estimate of drug-likeness (QED) is 0.385. The Morgan fingerprint density at radius 1 is 1.20 bits per heavy atom. The molecule has 10 nitrogen and oxygen atoms in total. The van der Waals surface area contributed by atoms with Gasteiger partial charge >= 0.3 is 5.97 Å². The van der Waals surface area contributed by atoms with Crippen LogP contribution in [0.5, 0.6) is 0 Å². The van der Waals surface area contributed by atoms with Crippen molar-refractivity contribution in [3.8, 4) is 0 Å². The highest BCUT2D eigenvalue weighted by Gasteiger charge is 2.23. The van der Waals surface area contributed by atoms with Crippen molar-refractivity contribution in [2.75, 3.05) is 19.4 Å². The number of hydrogen-bond acceptors (Lipinski definition) is 7. The summed E-state index contributed by atoms with van der Waals surface area (Å²) in [6.07, 6.45) is -1.25. The summed E-state index contributed by atoms with van der Waals surface area (Å²) >= 11 is 5.88. The molecule has 160 valence electrons. The molecule has 12 heteroatoms. The molecule has 2 aromatic rings. The van der Waals surface area contributed by atoms with Crippen molar-refractivity contribution in [3.63, 3.8) is 0 Å². The van der Waals surface area contributed by atoms with Crippen LogP contribution in [-0.2, 0) is 19.6 Å². The molecule has 0 saturated heterocycles. The van der Waals surface area contributed by atoms with Crippen molar-refractivity contribution < 1.29 is 27.7 Å². The van der Waals surface area contributed by atoms with Gasteiger partial charge in [-0.3, -0.25) is 14.9 Å². The Hall–Kier alpha value is -3.02. The van der Waals surface area contributed by atoms with Gasteiger partial charge in [-0.1, -0.05) is 17.7 Å². The summed E-state index contributed by atoms with van der Waals surface area (Å²) in [5, 5.41) is 13.0. The minimum atomic E-state index is -3.69. The molecule has 0 fully saturated rings.